The zero-order chi connectivity index (χ0) is 13.9. The average Bonchev–Trinajstić information content (AvgIpc) is 2.50. The van der Waals surface area contributed by atoms with Gasteiger partial charge in [-0.05, 0) is 29.8 Å². The van der Waals surface area contributed by atoms with Crippen molar-refractivity contribution in [2.45, 2.75) is 6.54 Å². The minimum absolute atomic E-state index is 0.182. The first kappa shape index (κ1) is 12.1. The van der Waals surface area contributed by atoms with Crippen LogP contribution in [0.5, 0.6) is 0 Å². The fourth-order valence-corrected chi connectivity index (χ4v) is 2.04. The largest absolute Gasteiger partial charge is 0.277 e. The first-order chi connectivity index (χ1) is 9.78. The van der Waals surface area contributed by atoms with Crippen molar-refractivity contribution in [3.63, 3.8) is 0 Å². The lowest BCUT2D eigenvalue weighted by Gasteiger charge is -2.05. The molecule has 0 bridgehead atoms. The minimum atomic E-state index is -0.182. The Kier molecular flexibility index (Phi) is 2.98. The van der Waals surface area contributed by atoms with E-state index in [-0.39, 0.29) is 5.56 Å². The van der Waals surface area contributed by atoms with Crippen LogP contribution in [0, 0.1) is 11.3 Å². The third kappa shape index (κ3) is 2.15. The van der Waals surface area contributed by atoms with Crippen molar-refractivity contribution < 1.29 is 0 Å². The van der Waals surface area contributed by atoms with E-state index in [0.29, 0.717) is 23.0 Å². The van der Waals surface area contributed by atoms with Gasteiger partial charge in [0.15, 0.2) is 0 Å². The molecule has 0 unspecified atom stereocenters. The number of hydrogen-bond acceptors (Lipinski definition) is 4. The monoisotopic (exact) mass is 262 g/mol. The van der Waals surface area contributed by atoms with Crippen LogP contribution in [0.3, 0.4) is 0 Å². The van der Waals surface area contributed by atoms with Crippen molar-refractivity contribution in [3.05, 3.63) is 70.0 Å². The summed E-state index contributed by atoms with van der Waals surface area (Å²) in [6, 6.07) is 16.3. The van der Waals surface area contributed by atoms with Gasteiger partial charge in [-0.1, -0.05) is 29.5 Å². The number of fused-ring (bicyclic) bond motifs is 1. The van der Waals surface area contributed by atoms with E-state index < -0.39 is 0 Å². The van der Waals surface area contributed by atoms with E-state index >= 15 is 0 Å². The molecule has 0 aliphatic rings. The molecule has 0 saturated heterocycles. The van der Waals surface area contributed by atoms with Gasteiger partial charge in [-0.15, -0.1) is 5.10 Å². The maximum atomic E-state index is 12.3. The summed E-state index contributed by atoms with van der Waals surface area (Å²) in [5.41, 5.74) is 1.80. The van der Waals surface area contributed by atoms with Crippen LogP contribution in [0.1, 0.15) is 11.1 Å². The Morgan fingerprint density at radius 1 is 1.15 bits per heavy atom. The fraction of sp³-hybridized carbons (Fsp3) is 0.0667. The number of nitriles is 1. The number of aromatic nitrogens is 3. The van der Waals surface area contributed by atoms with Gasteiger partial charge in [-0.25, -0.2) is 4.68 Å². The summed E-state index contributed by atoms with van der Waals surface area (Å²) in [5, 5.41) is 17.4. The molecule has 0 aliphatic heterocycles. The van der Waals surface area contributed by atoms with Crippen LogP contribution in [0.4, 0.5) is 0 Å². The molecule has 20 heavy (non-hydrogen) atoms. The molecule has 5 heteroatoms. The van der Waals surface area contributed by atoms with Crippen molar-refractivity contribution in [2.24, 2.45) is 0 Å². The third-order valence-corrected chi connectivity index (χ3v) is 3.02. The van der Waals surface area contributed by atoms with Crippen molar-refractivity contribution in [1.29, 1.82) is 5.26 Å². The molecule has 5 nitrogen and oxygen atoms in total. The van der Waals surface area contributed by atoms with Gasteiger partial charge in [0.2, 0.25) is 0 Å². The van der Waals surface area contributed by atoms with Crippen LogP contribution in [-0.4, -0.2) is 15.0 Å². The maximum absolute atomic E-state index is 12.3. The van der Waals surface area contributed by atoms with E-state index in [9.17, 15) is 4.79 Å². The summed E-state index contributed by atoms with van der Waals surface area (Å²) in [7, 11) is 0. The van der Waals surface area contributed by atoms with Gasteiger partial charge in [0.1, 0.15) is 5.52 Å². The molecular formula is C15H10N4O. The molecule has 1 aromatic heterocycles. The minimum Gasteiger partial charge on any atom is -0.267 e. The average molecular weight is 262 g/mol. The zero-order valence-corrected chi connectivity index (χ0v) is 10.5. The molecule has 0 amide bonds. The van der Waals surface area contributed by atoms with Crippen molar-refractivity contribution in [2.75, 3.05) is 0 Å². The van der Waals surface area contributed by atoms with E-state index in [1.807, 2.05) is 12.1 Å². The quantitative estimate of drug-likeness (QED) is 0.704. The highest BCUT2D eigenvalue weighted by molar-refractivity contribution is 5.76. The zero-order valence-electron chi connectivity index (χ0n) is 10.5. The van der Waals surface area contributed by atoms with Crippen molar-refractivity contribution in [1.82, 2.24) is 15.0 Å². The summed E-state index contributed by atoms with van der Waals surface area (Å²) < 4.78 is 1.30. The highest BCUT2D eigenvalue weighted by atomic mass is 16.1. The Morgan fingerprint density at radius 3 is 2.85 bits per heavy atom. The van der Waals surface area contributed by atoms with E-state index in [2.05, 4.69) is 16.4 Å². The van der Waals surface area contributed by atoms with E-state index in [1.165, 1.54) is 4.68 Å². The molecule has 3 rings (SSSR count). The van der Waals surface area contributed by atoms with Crippen LogP contribution < -0.4 is 5.56 Å². The maximum Gasteiger partial charge on any atom is 0.277 e. The van der Waals surface area contributed by atoms with Gasteiger partial charge in [0, 0.05) is 0 Å². The highest BCUT2D eigenvalue weighted by Gasteiger charge is 2.05. The van der Waals surface area contributed by atoms with Gasteiger partial charge in [0.05, 0.1) is 23.6 Å². The second-order valence-electron chi connectivity index (χ2n) is 4.38. The predicted octanol–water partition coefficient (Wildman–Crippen LogP) is 1.71. The summed E-state index contributed by atoms with van der Waals surface area (Å²) in [6.45, 7) is 0.298. The van der Waals surface area contributed by atoms with Crippen LogP contribution in [0.25, 0.3) is 10.9 Å². The summed E-state index contributed by atoms with van der Waals surface area (Å²) >= 11 is 0. The van der Waals surface area contributed by atoms with Crippen LogP contribution in [-0.2, 0) is 6.54 Å². The molecule has 0 aliphatic carbocycles. The highest BCUT2D eigenvalue weighted by Crippen LogP contribution is 2.07. The molecule has 3 aromatic rings. The molecule has 0 spiro atoms. The fourth-order valence-electron chi connectivity index (χ4n) is 2.04. The van der Waals surface area contributed by atoms with E-state index in [0.717, 1.165) is 5.56 Å². The molecule has 0 N–H and O–H groups in total. The third-order valence-electron chi connectivity index (χ3n) is 3.02. The van der Waals surface area contributed by atoms with E-state index in [4.69, 9.17) is 5.26 Å². The lowest BCUT2D eigenvalue weighted by atomic mass is 10.1. The molecule has 96 valence electrons. The summed E-state index contributed by atoms with van der Waals surface area (Å²) in [5.74, 6) is 0. The number of rotatable bonds is 2. The Labute approximate surface area is 114 Å². The molecule has 2 aromatic carbocycles. The van der Waals surface area contributed by atoms with Crippen LogP contribution in [0.15, 0.2) is 53.3 Å². The number of benzene rings is 2. The number of nitrogens with zero attached hydrogens (tertiary/aromatic N) is 4. The molecule has 0 fully saturated rings. The SMILES string of the molecule is N#Cc1cccc(Cn2nnc3ccccc3c2=O)c1. The lowest BCUT2D eigenvalue weighted by Crippen LogP contribution is -2.24. The molecule has 0 saturated carbocycles. The Bertz CT molecular complexity index is 877. The first-order valence-electron chi connectivity index (χ1n) is 6.09. The second-order valence-corrected chi connectivity index (χ2v) is 4.38. The molecule has 0 atom stereocenters. The first-order valence-corrected chi connectivity index (χ1v) is 6.09. The molecule has 1 heterocycles. The van der Waals surface area contributed by atoms with E-state index in [1.54, 1.807) is 36.4 Å². The Morgan fingerprint density at radius 2 is 2.00 bits per heavy atom. The van der Waals surface area contributed by atoms with Gasteiger partial charge in [-0.3, -0.25) is 4.79 Å². The normalized spacial score (nSPS) is 10.3. The smallest absolute Gasteiger partial charge is 0.267 e. The van der Waals surface area contributed by atoms with Crippen LogP contribution in [0.2, 0.25) is 0 Å². The Balaban J connectivity index is 2.05. The van der Waals surface area contributed by atoms with Crippen molar-refractivity contribution >= 4 is 10.9 Å². The topological polar surface area (TPSA) is 71.6 Å². The number of hydrogen-bond donors (Lipinski definition) is 0. The molecule has 0 radical (unpaired) electrons. The van der Waals surface area contributed by atoms with Crippen molar-refractivity contribution in [3.8, 4) is 6.07 Å². The van der Waals surface area contributed by atoms with Gasteiger partial charge < -0.3 is 0 Å². The summed E-state index contributed by atoms with van der Waals surface area (Å²) in [4.78, 5) is 12.3. The van der Waals surface area contributed by atoms with Gasteiger partial charge in [0.25, 0.3) is 5.56 Å². The second kappa shape index (κ2) is 4.94. The standard InChI is InChI=1S/C15H10N4O/c16-9-11-4-3-5-12(8-11)10-19-15(20)13-6-1-2-7-14(13)17-18-19/h1-8H,10H2. The molecular weight excluding hydrogens is 252 g/mol. The van der Waals surface area contributed by atoms with Gasteiger partial charge in [-0.2, -0.15) is 5.26 Å². The predicted molar refractivity (Wildman–Crippen MR) is 74.1 cm³/mol. The summed E-state index contributed by atoms with van der Waals surface area (Å²) in [6.07, 6.45) is 0. The van der Waals surface area contributed by atoms with Gasteiger partial charge >= 0.3 is 0 Å². The lowest BCUT2D eigenvalue weighted by molar-refractivity contribution is 0.600. The van der Waals surface area contributed by atoms with Crippen LogP contribution >= 0.6 is 0 Å². The Hall–Kier alpha value is -3.00.